The Kier molecular flexibility index (Phi) is 8.01. The Morgan fingerprint density at radius 1 is 0.926 bits per heavy atom. The van der Waals surface area contributed by atoms with Gasteiger partial charge in [0.05, 0.1) is 12.5 Å². The third kappa shape index (κ3) is 6.87. The Labute approximate surface area is 161 Å². The van der Waals surface area contributed by atoms with E-state index in [-0.39, 0.29) is 24.3 Å². The first-order chi connectivity index (χ1) is 13.0. The van der Waals surface area contributed by atoms with Crippen LogP contribution in [-0.4, -0.2) is 24.4 Å². The Balaban J connectivity index is 2.09. The van der Waals surface area contributed by atoms with Crippen LogP contribution < -0.4 is 16.4 Å². The van der Waals surface area contributed by atoms with Crippen molar-refractivity contribution in [2.24, 2.45) is 11.7 Å². The Bertz CT molecular complexity index is 717. The van der Waals surface area contributed by atoms with E-state index in [9.17, 15) is 9.59 Å². The van der Waals surface area contributed by atoms with Gasteiger partial charge in [0.15, 0.2) is 0 Å². The smallest absolute Gasteiger partial charge is 0.251 e. The number of carbonyl (C=O) groups excluding carboxylic acids is 2. The maximum atomic E-state index is 12.6. The van der Waals surface area contributed by atoms with Crippen LogP contribution >= 0.6 is 0 Å². The number of hydrogen-bond acceptors (Lipinski definition) is 3. The fraction of sp³-hybridized carbons (Fsp3) is 0.364. The van der Waals surface area contributed by atoms with Crippen molar-refractivity contribution in [3.05, 3.63) is 71.8 Å². The zero-order chi connectivity index (χ0) is 19.6. The summed E-state index contributed by atoms with van der Waals surface area (Å²) in [7, 11) is 0. The molecule has 0 saturated carbocycles. The van der Waals surface area contributed by atoms with Gasteiger partial charge in [0.2, 0.25) is 5.91 Å². The molecule has 0 spiro atoms. The summed E-state index contributed by atoms with van der Waals surface area (Å²) in [6.45, 7) is 4.60. The molecular formula is C22H29N3O2. The van der Waals surface area contributed by atoms with Crippen LogP contribution in [0.5, 0.6) is 0 Å². The average Bonchev–Trinajstić information content (AvgIpc) is 2.67. The number of nitrogens with two attached hydrogens (primary N) is 1. The number of nitrogens with one attached hydrogen (secondary N) is 2. The van der Waals surface area contributed by atoms with Crippen LogP contribution in [0.3, 0.4) is 0 Å². The van der Waals surface area contributed by atoms with Gasteiger partial charge in [-0.05, 0) is 30.0 Å². The van der Waals surface area contributed by atoms with Crippen molar-refractivity contribution in [1.82, 2.24) is 10.6 Å². The monoisotopic (exact) mass is 367 g/mol. The molecule has 0 saturated heterocycles. The Morgan fingerprint density at radius 2 is 1.52 bits per heavy atom. The van der Waals surface area contributed by atoms with E-state index in [4.69, 9.17) is 5.73 Å². The van der Waals surface area contributed by atoms with Crippen molar-refractivity contribution in [3.8, 4) is 0 Å². The molecule has 144 valence electrons. The SMILES string of the molecule is CC(C)CC(CN)NC(=O)CC(NC(=O)c1ccccc1)c1ccccc1. The maximum Gasteiger partial charge on any atom is 0.251 e. The molecule has 0 aliphatic heterocycles. The molecule has 0 aliphatic rings. The molecule has 0 fully saturated rings. The minimum absolute atomic E-state index is 0.0567. The lowest BCUT2D eigenvalue weighted by atomic mass is 10.0. The van der Waals surface area contributed by atoms with Crippen molar-refractivity contribution in [1.29, 1.82) is 0 Å². The minimum atomic E-state index is -0.406. The topological polar surface area (TPSA) is 84.2 Å². The summed E-state index contributed by atoms with van der Waals surface area (Å²) in [6.07, 6.45) is 0.992. The van der Waals surface area contributed by atoms with Gasteiger partial charge in [-0.3, -0.25) is 9.59 Å². The van der Waals surface area contributed by atoms with E-state index < -0.39 is 6.04 Å². The largest absolute Gasteiger partial charge is 0.352 e. The van der Waals surface area contributed by atoms with Crippen LogP contribution in [0.1, 0.15) is 48.7 Å². The summed E-state index contributed by atoms with van der Waals surface area (Å²) >= 11 is 0. The predicted molar refractivity (Wildman–Crippen MR) is 108 cm³/mol. The highest BCUT2D eigenvalue weighted by Gasteiger charge is 2.21. The summed E-state index contributed by atoms with van der Waals surface area (Å²) in [5.41, 5.74) is 7.25. The average molecular weight is 367 g/mol. The van der Waals surface area contributed by atoms with Gasteiger partial charge in [0.25, 0.3) is 5.91 Å². The van der Waals surface area contributed by atoms with E-state index in [1.54, 1.807) is 12.1 Å². The van der Waals surface area contributed by atoms with E-state index in [0.717, 1.165) is 12.0 Å². The molecule has 2 aromatic rings. The van der Waals surface area contributed by atoms with Crippen molar-refractivity contribution in [2.45, 2.75) is 38.8 Å². The van der Waals surface area contributed by atoms with E-state index in [1.165, 1.54) is 0 Å². The first-order valence-electron chi connectivity index (χ1n) is 9.40. The molecule has 2 aromatic carbocycles. The van der Waals surface area contributed by atoms with Crippen molar-refractivity contribution >= 4 is 11.8 Å². The lowest BCUT2D eigenvalue weighted by Crippen LogP contribution is -2.42. The molecule has 2 rings (SSSR count). The van der Waals surface area contributed by atoms with E-state index in [2.05, 4.69) is 24.5 Å². The summed E-state index contributed by atoms with van der Waals surface area (Å²) in [4.78, 5) is 25.1. The summed E-state index contributed by atoms with van der Waals surface area (Å²) in [5, 5.41) is 5.98. The summed E-state index contributed by atoms with van der Waals surface area (Å²) in [6, 6.07) is 18.1. The number of amides is 2. The molecule has 0 bridgehead atoms. The molecule has 0 heterocycles. The molecule has 2 amide bonds. The third-order valence-corrected chi connectivity index (χ3v) is 4.34. The second kappa shape index (κ2) is 10.5. The number of carbonyl (C=O) groups is 2. The minimum Gasteiger partial charge on any atom is -0.352 e. The highest BCUT2D eigenvalue weighted by Crippen LogP contribution is 2.18. The van der Waals surface area contributed by atoms with Gasteiger partial charge in [-0.15, -0.1) is 0 Å². The molecule has 2 unspecified atom stereocenters. The Hall–Kier alpha value is -2.66. The van der Waals surface area contributed by atoms with Crippen molar-refractivity contribution in [2.75, 3.05) is 6.54 Å². The van der Waals surface area contributed by atoms with Crippen LogP contribution in [0.4, 0.5) is 0 Å². The number of benzene rings is 2. The molecule has 4 N–H and O–H groups in total. The van der Waals surface area contributed by atoms with Crippen molar-refractivity contribution < 1.29 is 9.59 Å². The lowest BCUT2D eigenvalue weighted by molar-refractivity contribution is -0.122. The van der Waals surface area contributed by atoms with Crippen LogP contribution in [0.25, 0.3) is 0 Å². The molecule has 5 nitrogen and oxygen atoms in total. The normalized spacial score (nSPS) is 13.0. The quantitative estimate of drug-likeness (QED) is 0.637. The predicted octanol–water partition coefficient (Wildman–Crippen LogP) is 3.04. The van der Waals surface area contributed by atoms with Gasteiger partial charge in [-0.2, -0.15) is 0 Å². The fourth-order valence-electron chi connectivity index (χ4n) is 3.02. The van der Waals surface area contributed by atoms with E-state index >= 15 is 0 Å². The zero-order valence-electron chi connectivity index (χ0n) is 16.0. The molecule has 5 heteroatoms. The second-order valence-corrected chi connectivity index (χ2v) is 7.14. The van der Waals surface area contributed by atoms with Gasteiger partial charge in [0.1, 0.15) is 0 Å². The number of hydrogen-bond donors (Lipinski definition) is 3. The first kappa shape index (κ1) is 20.6. The van der Waals surface area contributed by atoms with Gasteiger partial charge in [-0.1, -0.05) is 62.4 Å². The Morgan fingerprint density at radius 3 is 2.07 bits per heavy atom. The fourth-order valence-corrected chi connectivity index (χ4v) is 3.02. The molecule has 0 aliphatic carbocycles. The molecule has 0 radical (unpaired) electrons. The molecule has 2 atom stereocenters. The maximum absolute atomic E-state index is 12.6. The highest BCUT2D eigenvalue weighted by atomic mass is 16.2. The van der Waals surface area contributed by atoms with Crippen LogP contribution in [0.2, 0.25) is 0 Å². The van der Waals surface area contributed by atoms with Gasteiger partial charge < -0.3 is 16.4 Å². The van der Waals surface area contributed by atoms with Crippen LogP contribution in [0, 0.1) is 5.92 Å². The first-order valence-corrected chi connectivity index (χ1v) is 9.40. The van der Waals surface area contributed by atoms with Crippen LogP contribution in [0.15, 0.2) is 60.7 Å². The number of rotatable bonds is 9. The van der Waals surface area contributed by atoms with E-state index in [1.807, 2.05) is 48.5 Å². The summed E-state index contributed by atoms with van der Waals surface area (Å²) < 4.78 is 0. The van der Waals surface area contributed by atoms with Gasteiger partial charge in [-0.25, -0.2) is 0 Å². The highest BCUT2D eigenvalue weighted by molar-refractivity contribution is 5.94. The second-order valence-electron chi connectivity index (χ2n) is 7.14. The van der Waals surface area contributed by atoms with Crippen molar-refractivity contribution in [3.63, 3.8) is 0 Å². The third-order valence-electron chi connectivity index (χ3n) is 4.34. The molecular weight excluding hydrogens is 338 g/mol. The van der Waals surface area contributed by atoms with Gasteiger partial charge in [0, 0.05) is 18.2 Å². The zero-order valence-corrected chi connectivity index (χ0v) is 16.0. The standard InChI is InChI=1S/C22H29N3O2/c1-16(2)13-19(15-23)24-21(26)14-20(17-9-5-3-6-10-17)25-22(27)18-11-7-4-8-12-18/h3-12,16,19-20H,13-15,23H2,1-2H3,(H,24,26)(H,25,27). The lowest BCUT2D eigenvalue weighted by Gasteiger charge is -2.22. The van der Waals surface area contributed by atoms with Gasteiger partial charge >= 0.3 is 0 Å². The van der Waals surface area contributed by atoms with Crippen LogP contribution in [-0.2, 0) is 4.79 Å². The van der Waals surface area contributed by atoms with E-state index in [0.29, 0.717) is 18.0 Å². The molecule has 0 aromatic heterocycles. The molecule has 27 heavy (non-hydrogen) atoms. The summed E-state index contributed by atoms with van der Waals surface area (Å²) in [5.74, 6) is 0.129.